The van der Waals surface area contributed by atoms with Gasteiger partial charge in [0.2, 0.25) is 0 Å². The second-order valence-corrected chi connectivity index (χ2v) is 8.07. The van der Waals surface area contributed by atoms with Crippen molar-refractivity contribution in [3.63, 3.8) is 0 Å². The zero-order valence-corrected chi connectivity index (χ0v) is 14.2. The van der Waals surface area contributed by atoms with Gasteiger partial charge < -0.3 is 14.7 Å². The fourth-order valence-electron chi connectivity index (χ4n) is 5.11. The predicted molar refractivity (Wildman–Crippen MR) is 88.8 cm³/mol. The molecule has 1 aromatic carbocycles. The van der Waals surface area contributed by atoms with E-state index in [0.29, 0.717) is 5.56 Å². The van der Waals surface area contributed by atoms with Gasteiger partial charge in [0.1, 0.15) is 0 Å². The predicted octanol–water partition coefficient (Wildman–Crippen LogP) is 2.62. The molecule has 126 valence electrons. The van der Waals surface area contributed by atoms with E-state index >= 15 is 0 Å². The number of carboxylic acids is 1. The topological polar surface area (TPSA) is 57.5 Å². The van der Waals surface area contributed by atoms with E-state index in [1.807, 2.05) is 18.2 Å². The number of nitrogens with zero attached hydrogens (tertiary/aromatic N) is 1. The molecule has 1 aliphatic carbocycles. The van der Waals surface area contributed by atoms with Crippen molar-refractivity contribution in [2.75, 3.05) is 27.2 Å². The molecule has 1 aromatic rings. The summed E-state index contributed by atoms with van der Waals surface area (Å²) >= 11 is 0. The highest BCUT2D eigenvalue weighted by Gasteiger charge is 2.63. The molecule has 4 nitrogen and oxygen atoms in total. The molecular weight excluding hydrogens is 290 g/mol. The van der Waals surface area contributed by atoms with Crippen molar-refractivity contribution >= 4 is 5.97 Å². The van der Waals surface area contributed by atoms with E-state index in [2.05, 4.69) is 14.1 Å². The van der Waals surface area contributed by atoms with Crippen molar-refractivity contribution in [2.24, 2.45) is 11.3 Å². The van der Waals surface area contributed by atoms with Crippen LogP contribution in [0.15, 0.2) is 30.3 Å². The molecule has 2 fully saturated rings. The van der Waals surface area contributed by atoms with E-state index in [1.54, 1.807) is 12.1 Å². The van der Waals surface area contributed by atoms with Gasteiger partial charge in [-0.1, -0.05) is 43.2 Å². The molecule has 1 saturated carbocycles. The van der Waals surface area contributed by atoms with Crippen LogP contribution in [0.3, 0.4) is 0 Å². The average molecular weight is 318 g/mol. The summed E-state index contributed by atoms with van der Waals surface area (Å²) in [5.74, 6) is -0.843. The summed E-state index contributed by atoms with van der Waals surface area (Å²) in [4.78, 5) is 12.3. The standard InChI is InChI=1S/C19H27NO3/c1-20(2)13-10-16(14-20)18(11-6-7-12-18)19(23,17(21)22)15-8-4-3-5-9-15/h3-5,8-9,16,23H,6-7,10-14H2,1-2H3/p+1/t16-,19+/m0/s1. The number of aliphatic carboxylic acids is 1. The van der Waals surface area contributed by atoms with E-state index in [-0.39, 0.29) is 5.92 Å². The zero-order chi connectivity index (χ0) is 16.7. The minimum atomic E-state index is -1.79. The third kappa shape index (κ3) is 2.48. The lowest BCUT2D eigenvalue weighted by molar-refractivity contribution is -0.879. The normalized spacial score (nSPS) is 28.4. The number of carbonyl (C=O) groups is 1. The molecule has 1 aliphatic heterocycles. The fraction of sp³-hybridized carbons (Fsp3) is 0.632. The first-order valence-corrected chi connectivity index (χ1v) is 8.65. The Morgan fingerprint density at radius 3 is 2.30 bits per heavy atom. The van der Waals surface area contributed by atoms with Gasteiger partial charge in [0.25, 0.3) is 0 Å². The van der Waals surface area contributed by atoms with Gasteiger partial charge in [-0.05, 0) is 18.4 Å². The first-order chi connectivity index (χ1) is 10.8. The summed E-state index contributed by atoms with van der Waals surface area (Å²) in [5, 5.41) is 21.6. The van der Waals surface area contributed by atoms with Crippen molar-refractivity contribution in [3.05, 3.63) is 35.9 Å². The van der Waals surface area contributed by atoms with Crippen molar-refractivity contribution in [1.82, 2.24) is 0 Å². The number of hydrogen-bond donors (Lipinski definition) is 2. The van der Waals surface area contributed by atoms with Crippen LogP contribution >= 0.6 is 0 Å². The average Bonchev–Trinajstić information content (AvgIpc) is 3.14. The van der Waals surface area contributed by atoms with Gasteiger partial charge in [-0.25, -0.2) is 4.79 Å². The Hall–Kier alpha value is -1.39. The third-order valence-corrected chi connectivity index (χ3v) is 6.30. The van der Waals surface area contributed by atoms with Crippen LogP contribution in [0.4, 0.5) is 0 Å². The Kier molecular flexibility index (Phi) is 4.01. The molecule has 23 heavy (non-hydrogen) atoms. The number of quaternary nitrogens is 1. The van der Waals surface area contributed by atoms with Gasteiger partial charge in [0, 0.05) is 17.8 Å². The quantitative estimate of drug-likeness (QED) is 0.839. The minimum absolute atomic E-state index is 0.251. The SMILES string of the molecule is C[N+]1(C)CC[C@H](C2([C@](O)(C(=O)O)c3ccccc3)CCCC2)C1. The number of benzene rings is 1. The van der Waals surface area contributed by atoms with E-state index in [1.165, 1.54) is 0 Å². The van der Waals surface area contributed by atoms with Crippen LogP contribution in [0, 0.1) is 11.3 Å². The van der Waals surface area contributed by atoms with Gasteiger partial charge in [-0.3, -0.25) is 0 Å². The number of hydrogen-bond acceptors (Lipinski definition) is 2. The molecule has 2 N–H and O–H groups in total. The van der Waals surface area contributed by atoms with E-state index in [4.69, 9.17) is 0 Å². The molecule has 2 aliphatic rings. The van der Waals surface area contributed by atoms with E-state index in [9.17, 15) is 15.0 Å². The number of carboxylic acid groups (broad SMARTS) is 1. The molecule has 0 unspecified atom stereocenters. The molecule has 0 amide bonds. The van der Waals surface area contributed by atoms with E-state index in [0.717, 1.165) is 49.7 Å². The lowest BCUT2D eigenvalue weighted by Crippen LogP contribution is -2.55. The first-order valence-electron chi connectivity index (χ1n) is 8.65. The monoisotopic (exact) mass is 318 g/mol. The second-order valence-electron chi connectivity index (χ2n) is 8.07. The summed E-state index contributed by atoms with van der Waals surface area (Å²) in [7, 11) is 4.40. The van der Waals surface area contributed by atoms with Gasteiger partial charge in [0.15, 0.2) is 5.60 Å². The Labute approximate surface area is 138 Å². The lowest BCUT2D eigenvalue weighted by Gasteiger charge is -2.46. The Morgan fingerprint density at radius 2 is 1.83 bits per heavy atom. The molecule has 1 saturated heterocycles. The van der Waals surface area contributed by atoms with Crippen LogP contribution in [0.5, 0.6) is 0 Å². The number of aliphatic hydroxyl groups is 1. The number of rotatable bonds is 4. The molecule has 4 heteroatoms. The molecule has 0 radical (unpaired) electrons. The van der Waals surface area contributed by atoms with Gasteiger partial charge in [-0.2, -0.15) is 0 Å². The molecule has 0 bridgehead atoms. The van der Waals surface area contributed by atoms with Crippen LogP contribution in [-0.4, -0.2) is 47.9 Å². The highest BCUT2D eigenvalue weighted by atomic mass is 16.4. The lowest BCUT2D eigenvalue weighted by atomic mass is 9.59. The molecule has 2 atom stereocenters. The second kappa shape index (κ2) is 5.60. The van der Waals surface area contributed by atoms with Crippen LogP contribution in [0.2, 0.25) is 0 Å². The van der Waals surface area contributed by atoms with Gasteiger partial charge >= 0.3 is 5.97 Å². The maximum atomic E-state index is 12.3. The van der Waals surface area contributed by atoms with Crippen molar-refractivity contribution in [1.29, 1.82) is 0 Å². The summed E-state index contributed by atoms with van der Waals surface area (Å²) in [6.07, 6.45) is 4.61. The highest BCUT2D eigenvalue weighted by Crippen LogP contribution is 2.58. The van der Waals surface area contributed by atoms with Crippen molar-refractivity contribution in [2.45, 2.75) is 37.7 Å². The smallest absolute Gasteiger partial charge is 0.341 e. The number of likely N-dealkylation sites (tertiary alicyclic amines) is 1. The van der Waals surface area contributed by atoms with Crippen LogP contribution < -0.4 is 0 Å². The molecular formula is C19H28NO3+. The Bertz CT molecular complexity index is 578. The van der Waals surface area contributed by atoms with Crippen molar-refractivity contribution in [3.8, 4) is 0 Å². The Morgan fingerprint density at radius 1 is 1.22 bits per heavy atom. The maximum absolute atomic E-state index is 12.3. The van der Waals surface area contributed by atoms with Crippen molar-refractivity contribution < 1.29 is 19.5 Å². The largest absolute Gasteiger partial charge is 0.479 e. The molecule has 0 aromatic heterocycles. The third-order valence-electron chi connectivity index (χ3n) is 6.30. The molecule has 0 spiro atoms. The molecule has 1 heterocycles. The van der Waals surface area contributed by atoms with Gasteiger partial charge in [0.05, 0.1) is 27.2 Å². The van der Waals surface area contributed by atoms with Crippen LogP contribution in [0.25, 0.3) is 0 Å². The van der Waals surface area contributed by atoms with Crippen LogP contribution in [-0.2, 0) is 10.4 Å². The fourth-order valence-corrected chi connectivity index (χ4v) is 5.11. The first kappa shape index (κ1) is 16.5. The minimum Gasteiger partial charge on any atom is -0.479 e. The highest BCUT2D eigenvalue weighted by molar-refractivity contribution is 5.80. The zero-order valence-electron chi connectivity index (χ0n) is 14.2. The summed E-state index contributed by atoms with van der Waals surface area (Å²) in [5.41, 5.74) is -1.81. The summed E-state index contributed by atoms with van der Waals surface area (Å²) in [6, 6.07) is 9.04. The maximum Gasteiger partial charge on any atom is 0.341 e. The summed E-state index contributed by atoms with van der Waals surface area (Å²) in [6.45, 7) is 2.00. The van der Waals surface area contributed by atoms with E-state index < -0.39 is 17.0 Å². The Balaban J connectivity index is 2.10. The molecule has 3 rings (SSSR count). The summed E-state index contributed by atoms with van der Waals surface area (Å²) < 4.78 is 0.914. The van der Waals surface area contributed by atoms with Gasteiger partial charge in [-0.15, -0.1) is 0 Å². The van der Waals surface area contributed by atoms with Crippen LogP contribution in [0.1, 0.15) is 37.7 Å².